The van der Waals surface area contributed by atoms with E-state index >= 15 is 0 Å². The number of thiazole rings is 1. The van der Waals surface area contributed by atoms with Crippen LogP contribution in [0.2, 0.25) is 0 Å². The van der Waals surface area contributed by atoms with Gasteiger partial charge in [-0.1, -0.05) is 0 Å². The zero-order chi connectivity index (χ0) is 17.5. The lowest BCUT2D eigenvalue weighted by Gasteiger charge is -2.29. The van der Waals surface area contributed by atoms with Gasteiger partial charge >= 0.3 is 0 Å². The minimum absolute atomic E-state index is 0.0684. The first-order valence-electron chi connectivity index (χ1n) is 9.13. The predicted molar refractivity (Wildman–Crippen MR) is 98.5 cm³/mol. The van der Waals surface area contributed by atoms with Gasteiger partial charge in [-0.2, -0.15) is 0 Å². The molecule has 2 N–H and O–H groups in total. The van der Waals surface area contributed by atoms with Crippen LogP contribution < -0.4 is 20.1 Å². The number of nitrogens with one attached hydrogen (secondary N) is 2. The molecule has 0 saturated carbocycles. The van der Waals surface area contributed by atoms with E-state index in [1.807, 2.05) is 23.6 Å². The molecule has 5 rings (SSSR count). The highest BCUT2D eigenvalue weighted by Gasteiger charge is 2.34. The van der Waals surface area contributed by atoms with Crippen molar-refractivity contribution in [2.75, 3.05) is 6.79 Å². The van der Waals surface area contributed by atoms with Gasteiger partial charge in [0.15, 0.2) is 11.5 Å². The number of hydrogen-bond donors (Lipinski definition) is 2. The highest BCUT2D eigenvalue weighted by atomic mass is 32.1. The average molecular weight is 371 g/mol. The van der Waals surface area contributed by atoms with Crippen LogP contribution >= 0.6 is 11.3 Å². The van der Waals surface area contributed by atoms with Crippen molar-refractivity contribution >= 4 is 17.2 Å². The molecule has 2 saturated heterocycles. The number of fused-ring (bicyclic) bond motifs is 3. The molecule has 2 bridgehead atoms. The number of piperidine rings is 1. The quantitative estimate of drug-likeness (QED) is 0.864. The van der Waals surface area contributed by atoms with E-state index in [9.17, 15) is 4.79 Å². The van der Waals surface area contributed by atoms with Crippen molar-refractivity contribution in [2.24, 2.45) is 0 Å². The summed E-state index contributed by atoms with van der Waals surface area (Å²) in [6.07, 6.45) is 4.90. The molecule has 2 fully saturated rings. The minimum Gasteiger partial charge on any atom is -0.454 e. The Labute approximate surface area is 155 Å². The Bertz CT molecular complexity index is 825. The summed E-state index contributed by atoms with van der Waals surface area (Å²) in [5.74, 6) is 1.58. The number of amides is 1. The summed E-state index contributed by atoms with van der Waals surface area (Å²) < 4.78 is 10.8. The molecule has 3 aliphatic heterocycles. The second-order valence-corrected chi connectivity index (χ2v) is 8.12. The van der Waals surface area contributed by atoms with Crippen molar-refractivity contribution in [1.29, 1.82) is 0 Å². The van der Waals surface area contributed by atoms with Crippen LogP contribution in [0.5, 0.6) is 11.5 Å². The first-order chi connectivity index (χ1) is 12.7. The molecule has 2 aromatic rings. The normalized spacial score (nSPS) is 26.1. The van der Waals surface area contributed by atoms with E-state index in [0.717, 1.165) is 40.6 Å². The molecule has 136 valence electrons. The second kappa shape index (κ2) is 6.55. The fourth-order valence-corrected chi connectivity index (χ4v) is 4.99. The second-order valence-electron chi connectivity index (χ2n) is 7.26. The van der Waals surface area contributed by atoms with E-state index in [2.05, 4.69) is 15.6 Å². The molecule has 2 atom stereocenters. The van der Waals surface area contributed by atoms with Crippen molar-refractivity contribution in [3.63, 3.8) is 0 Å². The van der Waals surface area contributed by atoms with E-state index in [-0.39, 0.29) is 12.7 Å². The van der Waals surface area contributed by atoms with E-state index in [4.69, 9.17) is 9.47 Å². The van der Waals surface area contributed by atoms with Crippen molar-refractivity contribution in [2.45, 2.75) is 50.2 Å². The Morgan fingerprint density at radius 2 is 2.04 bits per heavy atom. The Hall–Kier alpha value is -2.12. The molecular weight excluding hydrogens is 350 g/mol. The van der Waals surface area contributed by atoms with Crippen LogP contribution in [0.4, 0.5) is 0 Å². The minimum atomic E-state index is 0.0684. The van der Waals surface area contributed by atoms with Crippen LogP contribution in [0.1, 0.15) is 31.4 Å². The summed E-state index contributed by atoms with van der Waals surface area (Å²) in [6, 6.07) is 7.27. The van der Waals surface area contributed by atoms with Crippen molar-refractivity contribution in [3.8, 4) is 22.1 Å². The maximum atomic E-state index is 12.4. The lowest BCUT2D eigenvalue weighted by molar-refractivity contribution is -0.121. The summed E-state index contributed by atoms with van der Waals surface area (Å²) >= 11 is 1.55. The number of rotatable bonds is 4. The van der Waals surface area contributed by atoms with Gasteiger partial charge in [-0.05, 0) is 43.9 Å². The van der Waals surface area contributed by atoms with Crippen LogP contribution in [0.15, 0.2) is 23.6 Å². The summed E-state index contributed by atoms with van der Waals surface area (Å²) in [4.78, 5) is 17.0. The number of aromatic nitrogens is 1. The Balaban J connectivity index is 1.22. The van der Waals surface area contributed by atoms with Gasteiger partial charge in [0.2, 0.25) is 12.7 Å². The number of carbonyl (C=O) groups excluding carboxylic acids is 1. The van der Waals surface area contributed by atoms with Crippen molar-refractivity contribution in [1.82, 2.24) is 15.6 Å². The van der Waals surface area contributed by atoms with Crippen LogP contribution in [-0.2, 0) is 11.2 Å². The van der Waals surface area contributed by atoms with Crippen LogP contribution in [-0.4, -0.2) is 35.8 Å². The number of hydrogen-bond acceptors (Lipinski definition) is 6. The summed E-state index contributed by atoms with van der Waals surface area (Å²) in [5, 5.41) is 9.66. The third kappa shape index (κ3) is 3.17. The van der Waals surface area contributed by atoms with E-state index in [0.29, 0.717) is 24.5 Å². The van der Waals surface area contributed by atoms with E-state index < -0.39 is 0 Å². The summed E-state index contributed by atoms with van der Waals surface area (Å²) in [6.45, 7) is 0.264. The van der Waals surface area contributed by atoms with Gasteiger partial charge < -0.3 is 20.1 Å². The molecule has 1 amide bonds. The third-order valence-corrected chi connectivity index (χ3v) is 6.29. The largest absolute Gasteiger partial charge is 0.454 e. The molecule has 0 spiro atoms. The molecule has 0 radical (unpaired) electrons. The number of carbonyl (C=O) groups is 1. The number of benzene rings is 1. The van der Waals surface area contributed by atoms with E-state index in [1.54, 1.807) is 11.3 Å². The molecule has 1 aromatic carbocycles. The fourth-order valence-electron chi connectivity index (χ4n) is 4.17. The average Bonchev–Trinajstić information content (AvgIpc) is 3.34. The number of nitrogens with zero attached hydrogens (tertiary/aromatic N) is 1. The van der Waals surface area contributed by atoms with Crippen LogP contribution in [0, 0.1) is 0 Å². The van der Waals surface area contributed by atoms with Gasteiger partial charge in [-0.15, -0.1) is 11.3 Å². The lowest BCUT2D eigenvalue weighted by atomic mass is 9.99. The topological polar surface area (TPSA) is 72.5 Å². The molecule has 3 aliphatic rings. The van der Waals surface area contributed by atoms with Gasteiger partial charge in [0.05, 0.1) is 12.1 Å². The number of ether oxygens (including phenoxy) is 2. The monoisotopic (exact) mass is 371 g/mol. The molecule has 6 nitrogen and oxygen atoms in total. The first kappa shape index (κ1) is 16.1. The first-order valence-corrected chi connectivity index (χ1v) is 10.0. The van der Waals surface area contributed by atoms with Gasteiger partial charge in [0.25, 0.3) is 0 Å². The van der Waals surface area contributed by atoms with E-state index in [1.165, 1.54) is 12.8 Å². The molecule has 7 heteroatoms. The molecule has 4 heterocycles. The zero-order valence-electron chi connectivity index (χ0n) is 14.4. The molecule has 1 aromatic heterocycles. The van der Waals surface area contributed by atoms with Crippen LogP contribution in [0.25, 0.3) is 10.6 Å². The molecule has 2 unspecified atom stereocenters. The highest BCUT2D eigenvalue weighted by Crippen LogP contribution is 2.36. The van der Waals surface area contributed by atoms with Gasteiger partial charge in [-0.25, -0.2) is 4.98 Å². The highest BCUT2D eigenvalue weighted by molar-refractivity contribution is 7.13. The lowest BCUT2D eigenvalue weighted by Crippen LogP contribution is -2.48. The van der Waals surface area contributed by atoms with Gasteiger partial charge in [0, 0.05) is 29.1 Å². The summed E-state index contributed by atoms with van der Waals surface area (Å²) in [5.41, 5.74) is 1.80. The van der Waals surface area contributed by atoms with Gasteiger partial charge in [0.1, 0.15) is 5.01 Å². The molecular formula is C19H21N3O3S. The Morgan fingerprint density at radius 3 is 2.88 bits per heavy atom. The maximum absolute atomic E-state index is 12.4. The standard InChI is InChI=1S/C19H21N3O3S/c23-18(21-14-6-12-2-3-13(7-14)20-12)8-15-9-26-19(22-15)11-1-4-16-17(5-11)25-10-24-16/h1,4-5,9,12-14,20H,2-3,6-8,10H2,(H,21,23). The van der Waals surface area contributed by atoms with Crippen LogP contribution in [0.3, 0.4) is 0 Å². The van der Waals surface area contributed by atoms with Crippen molar-refractivity contribution in [3.05, 3.63) is 29.3 Å². The fraction of sp³-hybridized carbons (Fsp3) is 0.474. The molecule has 0 aliphatic carbocycles. The predicted octanol–water partition coefficient (Wildman–Crippen LogP) is 2.48. The third-order valence-electron chi connectivity index (χ3n) is 5.35. The Morgan fingerprint density at radius 1 is 1.23 bits per heavy atom. The van der Waals surface area contributed by atoms with Gasteiger partial charge in [-0.3, -0.25) is 4.79 Å². The molecule has 26 heavy (non-hydrogen) atoms. The zero-order valence-corrected chi connectivity index (χ0v) is 15.2. The maximum Gasteiger partial charge on any atom is 0.231 e. The Kier molecular flexibility index (Phi) is 4.05. The summed E-state index contributed by atoms with van der Waals surface area (Å²) in [7, 11) is 0. The SMILES string of the molecule is O=C(Cc1csc(-c2ccc3c(c2)OCO3)n1)NC1CC2CCC(C1)N2. The smallest absolute Gasteiger partial charge is 0.231 e. The van der Waals surface area contributed by atoms with Crippen molar-refractivity contribution < 1.29 is 14.3 Å².